The van der Waals surface area contributed by atoms with E-state index in [0.29, 0.717) is 64.2 Å². The molecule has 0 bridgehead atoms. The standard InChI is InChI=1S/C40H76O18S4/c1-35(55-59(42,43)44)27-21-15-14-19-25-29-37(56-60(45,46)47)33-36-28-22-16-10-7-5-8-12-18-24-31-39(58-62(51,52)53)34-38(57-61(48,49)50)30-23-17-11-6-3-2-4-9-13-20-26-32-40(41)54-36/h26,32,35-39H,2-25,27-31,33-34H2,1H3,(H,42,43,44)(H,45,46,47)(H,48,49,50)(H,51,52,53)/b32-26+/t35-,36+,37-,38+,39-/m1/s1. The Balaban J connectivity index is 2.84. The van der Waals surface area contributed by atoms with E-state index in [-0.39, 0.29) is 25.7 Å². The number of ether oxygens (including phenoxy) is 1. The van der Waals surface area contributed by atoms with Crippen LogP contribution in [0.15, 0.2) is 12.2 Å². The zero-order chi connectivity index (χ0) is 46.3. The monoisotopic (exact) mass is 972 g/mol. The van der Waals surface area contributed by atoms with Gasteiger partial charge in [0.25, 0.3) is 0 Å². The molecule has 368 valence electrons. The molecular weight excluding hydrogens is 897 g/mol. The van der Waals surface area contributed by atoms with Crippen LogP contribution in [0.5, 0.6) is 0 Å². The molecule has 5 atom stereocenters. The highest BCUT2D eigenvalue weighted by Crippen LogP contribution is 2.24. The third kappa shape index (κ3) is 39.1. The molecule has 0 aromatic rings. The summed E-state index contributed by atoms with van der Waals surface area (Å²) in [6.45, 7) is 1.55. The molecule has 0 spiro atoms. The third-order valence-corrected chi connectivity index (χ3v) is 12.9. The summed E-state index contributed by atoms with van der Waals surface area (Å²) in [6, 6.07) is 0. The first-order valence-corrected chi connectivity index (χ1v) is 28.1. The molecule has 0 saturated carbocycles. The zero-order valence-electron chi connectivity index (χ0n) is 36.6. The Kier molecular flexibility index (Phi) is 31.4. The van der Waals surface area contributed by atoms with Gasteiger partial charge in [-0.15, -0.1) is 0 Å². The summed E-state index contributed by atoms with van der Waals surface area (Å²) in [5.74, 6) is -0.529. The van der Waals surface area contributed by atoms with Gasteiger partial charge in [0.05, 0.1) is 24.4 Å². The van der Waals surface area contributed by atoms with E-state index in [1.165, 1.54) is 6.08 Å². The molecule has 0 fully saturated rings. The molecule has 0 unspecified atom stereocenters. The number of esters is 1. The first kappa shape index (κ1) is 58.7. The van der Waals surface area contributed by atoms with Crippen LogP contribution in [-0.2, 0) is 67.9 Å². The molecule has 0 aliphatic carbocycles. The fourth-order valence-electron chi connectivity index (χ4n) is 7.77. The summed E-state index contributed by atoms with van der Waals surface area (Å²) in [5.41, 5.74) is 0. The summed E-state index contributed by atoms with van der Waals surface area (Å²) in [4.78, 5) is 12.9. The molecule has 18 nitrogen and oxygen atoms in total. The number of hydrogen-bond acceptors (Lipinski definition) is 14. The lowest BCUT2D eigenvalue weighted by Gasteiger charge is -2.23. The number of carbonyl (C=O) groups is 1. The summed E-state index contributed by atoms with van der Waals surface area (Å²) >= 11 is 0. The van der Waals surface area contributed by atoms with E-state index in [9.17, 15) is 52.1 Å². The highest BCUT2D eigenvalue weighted by molar-refractivity contribution is 7.81. The van der Waals surface area contributed by atoms with E-state index in [0.717, 1.165) is 109 Å². The second-order valence-corrected chi connectivity index (χ2v) is 20.8. The molecule has 4 N–H and O–H groups in total. The normalized spacial score (nSPS) is 23.7. The van der Waals surface area contributed by atoms with Crippen LogP contribution in [0.25, 0.3) is 0 Å². The highest BCUT2D eigenvalue weighted by atomic mass is 32.3. The predicted octanol–water partition coefficient (Wildman–Crippen LogP) is 9.33. The minimum absolute atomic E-state index is 0.0776. The minimum Gasteiger partial charge on any atom is -0.459 e. The maximum Gasteiger partial charge on any atom is 0.397 e. The average Bonchev–Trinajstić information content (AvgIpc) is 3.12. The second-order valence-electron chi connectivity index (χ2n) is 16.6. The lowest BCUT2D eigenvalue weighted by Crippen LogP contribution is -2.27. The molecule has 1 aliphatic rings. The van der Waals surface area contributed by atoms with Crippen molar-refractivity contribution >= 4 is 47.6 Å². The van der Waals surface area contributed by atoms with Gasteiger partial charge in [-0.05, 0) is 58.3 Å². The Labute approximate surface area is 372 Å². The predicted molar refractivity (Wildman–Crippen MR) is 234 cm³/mol. The molecule has 1 heterocycles. The first-order chi connectivity index (χ1) is 29.1. The summed E-state index contributed by atoms with van der Waals surface area (Å²) < 4.78 is 154. The lowest BCUT2D eigenvalue weighted by molar-refractivity contribution is -0.144. The Morgan fingerprint density at radius 3 is 1.40 bits per heavy atom. The molecule has 22 heteroatoms. The van der Waals surface area contributed by atoms with E-state index < -0.39 is 78.1 Å². The van der Waals surface area contributed by atoms with Gasteiger partial charge in [-0.2, -0.15) is 33.7 Å². The van der Waals surface area contributed by atoms with Crippen molar-refractivity contribution in [2.75, 3.05) is 0 Å². The molecule has 62 heavy (non-hydrogen) atoms. The van der Waals surface area contributed by atoms with Gasteiger partial charge in [0.2, 0.25) is 0 Å². The summed E-state index contributed by atoms with van der Waals surface area (Å²) in [7, 11) is -18.9. The van der Waals surface area contributed by atoms with E-state index in [4.69, 9.17) is 21.8 Å². The SMILES string of the molecule is C[C@H](CCCCCCC[C@H](C[C@@H]1CCCCCCCCCCC[C@@H](OS(=O)(=O)O)C[C@@H](OS(=O)(=O)O)CCCCCCCCCCC/C=C/C(=O)O1)OS(=O)(=O)O)OS(=O)(=O)O. The van der Waals surface area contributed by atoms with Crippen LogP contribution >= 0.6 is 0 Å². The first-order valence-electron chi connectivity index (χ1n) is 22.6. The zero-order valence-corrected chi connectivity index (χ0v) is 39.9. The number of rotatable bonds is 18. The second kappa shape index (κ2) is 33.2. The van der Waals surface area contributed by atoms with E-state index in [2.05, 4.69) is 4.18 Å². The maximum absolute atomic E-state index is 12.9. The summed E-state index contributed by atoms with van der Waals surface area (Å²) in [6.07, 6.45) is 20.3. The van der Waals surface area contributed by atoms with Crippen molar-refractivity contribution in [3.8, 4) is 0 Å². The Morgan fingerprint density at radius 1 is 0.548 bits per heavy atom. The van der Waals surface area contributed by atoms with Crippen LogP contribution in [0.4, 0.5) is 0 Å². The van der Waals surface area contributed by atoms with E-state index >= 15 is 0 Å². The molecule has 1 rings (SSSR count). The molecule has 0 aromatic carbocycles. The van der Waals surface area contributed by atoms with Crippen molar-refractivity contribution in [2.24, 2.45) is 0 Å². The largest absolute Gasteiger partial charge is 0.459 e. The van der Waals surface area contributed by atoms with Gasteiger partial charge in [0.15, 0.2) is 0 Å². The topological polar surface area (TPSA) is 281 Å². The molecular formula is C40H76O18S4. The van der Waals surface area contributed by atoms with Gasteiger partial charge in [0, 0.05) is 18.9 Å². The van der Waals surface area contributed by atoms with Crippen molar-refractivity contribution in [3.05, 3.63) is 12.2 Å². The Bertz CT molecular complexity index is 1650. The van der Waals surface area contributed by atoms with Gasteiger partial charge in [-0.3, -0.25) is 18.2 Å². The number of unbranched alkanes of at least 4 members (excludes halogenated alkanes) is 4. The molecule has 0 aromatic heterocycles. The van der Waals surface area contributed by atoms with Crippen molar-refractivity contribution < 1.29 is 78.1 Å². The van der Waals surface area contributed by atoms with Crippen LogP contribution in [0, 0.1) is 0 Å². The van der Waals surface area contributed by atoms with Crippen molar-refractivity contribution in [2.45, 2.75) is 236 Å². The number of hydrogen-bond donors (Lipinski definition) is 4. The quantitative estimate of drug-likeness (QED) is 0.0565. The van der Waals surface area contributed by atoms with Crippen molar-refractivity contribution in [1.82, 2.24) is 0 Å². The van der Waals surface area contributed by atoms with Crippen LogP contribution in [-0.4, -0.2) is 88.4 Å². The molecule has 0 amide bonds. The van der Waals surface area contributed by atoms with Gasteiger partial charge in [-0.25, -0.2) is 21.5 Å². The minimum atomic E-state index is -4.81. The lowest BCUT2D eigenvalue weighted by atomic mass is 9.98. The van der Waals surface area contributed by atoms with Gasteiger partial charge >= 0.3 is 47.6 Å². The Hall–Kier alpha value is -1.31. The highest BCUT2D eigenvalue weighted by Gasteiger charge is 2.26. The number of allylic oxidation sites excluding steroid dienone is 1. The average molecular weight is 973 g/mol. The number of cyclic esters (lactones) is 1. The van der Waals surface area contributed by atoms with Gasteiger partial charge < -0.3 is 4.74 Å². The van der Waals surface area contributed by atoms with Crippen LogP contribution in [0.2, 0.25) is 0 Å². The Morgan fingerprint density at radius 2 is 0.952 bits per heavy atom. The smallest absolute Gasteiger partial charge is 0.397 e. The van der Waals surface area contributed by atoms with Crippen LogP contribution in [0.3, 0.4) is 0 Å². The fraction of sp³-hybridized carbons (Fsp3) is 0.925. The van der Waals surface area contributed by atoms with Crippen molar-refractivity contribution in [3.63, 3.8) is 0 Å². The summed E-state index contributed by atoms with van der Waals surface area (Å²) in [5, 5.41) is 0. The molecule has 1 aliphatic heterocycles. The van der Waals surface area contributed by atoms with E-state index in [1.807, 2.05) is 0 Å². The van der Waals surface area contributed by atoms with Crippen molar-refractivity contribution in [1.29, 1.82) is 0 Å². The van der Waals surface area contributed by atoms with Gasteiger partial charge in [0.1, 0.15) is 6.10 Å². The number of carbonyl (C=O) groups excluding carboxylic acids is 1. The third-order valence-electron chi connectivity index (χ3n) is 10.7. The fourth-order valence-corrected chi connectivity index (χ4v) is 9.84. The molecule has 0 radical (unpaired) electrons. The maximum atomic E-state index is 12.9. The molecule has 0 saturated heterocycles. The van der Waals surface area contributed by atoms with E-state index in [1.54, 1.807) is 13.0 Å². The van der Waals surface area contributed by atoms with Crippen LogP contribution < -0.4 is 0 Å². The van der Waals surface area contributed by atoms with Gasteiger partial charge in [-0.1, -0.05) is 141 Å². The van der Waals surface area contributed by atoms with Crippen LogP contribution in [0.1, 0.15) is 206 Å².